The number of sulfonamides is 1. The van der Waals surface area contributed by atoms with E-state index >= 15 is 0 Å². The van der Waals surface area contributed by atoms with Crippen molar-refractivity contribution in [3.8, 4) is 0 Å². The summed E-state index contributed by atoms with van der Waals surface area (Å²) in [5, 5.41) is 0. The van der Waals surface area contributed by atoms with Gasteiger partial charge in [0, 0.05) is 20.2 Å². The summed E-state index contributed by atoms with van der Waals surface area (Å²) in [4.78, 5) is 0. The van der Waals surface area contributed by atoms with E-state index in [1.807, 2.05) is 13.0 Å². The number of rotatable bonds is 5. The summed E-state index contributed by atoms with van der Waals surface area (Å²) in [5.41, 5.74) is 1.19. The van der Waals surface area contributed by atoms with E-state index in [4.69, 9.17) is 4.74 Å². The summed E-state index contributed by atoms with van der Waals surface area (Å²) in [6.07, 6.45) is 3.42. The van der Waals surface area contributed by atoms with Gasteiger partial charge in [0.05, 0.1) is 12.4 Å². The SMILES string of the molecule is CCCS(=O)(=O)N1CC=C(COC)CC1. The van der Waals surface area contributed by atoms with Gasteiger partial charge in [0.15, 0.2) is 0 Å². The molecule has 1 rings (SSSR count). The predicted molar refractivity (Wildman–Crippen MR) is 60.2 cm³/mol. The van der Waals surface area contributed by atoms with E-state index in [-0.39, 0.29) is 5.75 Å². The Morgan fingerprint density at radius 2 is 2.27 bits per heavy atom. The summed E-state index contributed by atoms with van der Waals surface area (Å²) in [6.45, 7) is 3.59. The third kappa shape index (κ3) is 3.59. The van der Waals surface area contributed by atoms with Gasteiger partial charge >= 0.3 is 0 Å². The van der Waals surface area contributed by atoms with Gasteiger partial charge in [-0.1, -0.05) is 13.0 Å². The van der Waals surface area contributed by atoms with Gasteiger partial charge in [0.1, 0.15) is 0 Å². The third-order valence-corrected chi connectivity index (χ3v) is 4.49. The molecule has 4 nitrogen and oxygen atoms in total. The fraction of sp³-hybridized carbons (Fsp3) is 0.800. The van der Waals surface area contributed by atoms with Gasteiger partial charge in [0.25, 0.3) is 0 Å². The molecule has 0 saturated carbocycles. The molecule has 1 aliphatic rings. The highest BCUT2D eigenvalue weighted by molar-refractivity contribution is 7.89. The van der Waals surface area contributed by atoms with E-state index in [1.165, 1.54) is 5.57 Å². The molecule has 1 aliphatic heterocycles. The van der Waals surface area contributed by atoms with Crippen LogP contribution in [-0.2, 0) is 14.8 Å². The number of hydrogen-bond donors (Lipinski definition) is 0. The molecule has 0 radical (unpaired) electrons. The monoisotopic (exact) mass is 233 g/mol. The van der Waals surface area contributed by atoms with Gasteiger partial charge in [-0.2, -0.15) is 4.31 Å². The lowest BCUT2D eigenvalue weighted by Crippen LogP contribution is -2.36. The summed E-state index contributed by atoms with van der Waals surface area (Å²) in [7, 11) is -1.37. The van der Waals surface area contributed by atoms with Crippen molar-refractivity contribution in [3.63, 3.8) is 0 Å². The second-order valence-corrected chi connectivity index (χ2v) is 5.81. The highest BCUT2D eigenvalue weighted by Gasteiger charge is 2.22. The Hall–Kier alpha value is -0.390. The molecule has 0 unspecified atom stereocenters. The molecule has 1 heterocycles. The van der Waals surface area contributed by atoms with E-state index in [0.29, 0.717) is 26.1 Å². The van der Waals surface area contributed by atoms with Crippen LogP contribution in [0.15, 0.2) is 11.6 Å². The quantitative estimate of drug-likeness (QED) is 0.666. The first-order valence-electron chi connectivity index (χ1n) is 5.25. The Labute approximate surface area is 92.0 Å². The smallest absolute Gasteiger partial charge is 0.214 e. The van der Waals surface area contributed by atoms with Crippen molar-refractivity contribution >= 4 is 10.0 Å². The van der Waals surface area contributed by atoms with Crippen molar-refractivity contribution < 1.29 is 13.2 Å². The number of ether oxygens (including phenoxy) is 1. The van der Waals surface area contributed by atoms with Gasteiger partial charge in [-0.3, -0.25) is 0 Å². The Morgan fingerprint density at radius 3 is 2.73 bits per heavy atom. The molecule has 0 bridgehead atoms. The van der Waals surface area contributed by atoms with Gasteiger partial charge in [-0.25, -0.2) is 8.42 Å². The van der Waals surface area contributed by atoms with Crippen LogP contribution >= 0.6 is 0 Å². The predicted octanol–water partition coefficient (Wildman–Crippen LogP) is 1.00. The summed E-state index contributed by atoms with van der Waals surface area (Å²) < 4.78 is 30.0. The molecule has 5 heteroatoms. The van der Waals surface area contributed by atoms with Crippen molar-refractivity contribution in [3.05, 3.63) is 11.6 Å². The summed E-state index contributed by atoms with van der Waals surface area (Å²) in [5.74, 6) is 0.250. The molecule has 0 fully saturated rings. The lowest BCUT2D eigenvalue weighted by atomic mass is 10.1. The largest absolute Gasteiger partial charge is 0.380 e. The van der Waals surface area contributed by atoms with E-state index in [2.05, 4.69) is 0 Å². The van der Waals surface area contributed by atoms with Gasteiger partial charge < -0.3 is 4.74 Å². The molecule has 0 aromatic heterocycles. The normalized spacial score (nSPS) is 18.9. The van der Waals surface area contributed by atoms with E-state index in [9.17, 15) is 8.42 Å². The van der Waals surface area contributed by atoms with Crippen molar-refractivity contribution in [1.82, 2.24) is 4.31 Å². The van der Waals surface area contributed by atoms with Gasteiger partial charge in [-0.15, -0.1) is 0 Å². The number of methoxy groups -OCH3 is 1. The molecule has 0 amide bonds. The molecule has 0 aromatic rings. The lowest BCUT2D eigenvalue weighted by Gasteiger charge is -2.25. The standard InChI is InChI=1S/C10H19NO3S/c1-3-8-15(12,13)11-6-4-10(5-7-11)9-14-2/h4H,3,5-9H2,1-2H3. The van der Waals surface area contributed by atoms with Crippen molar-refractivity contribution in [2.75, 3.05) is 32.6 Å². The highest BCUT2D eigenvalue weighted by Crippen LogP contribution is 2.14. The molecule has 0 aliphatic carbocycles. The first kappa shape index (κ1) is 12.7. The van der Waals surface area contributed by atoms with E-state index in [1.54, 1.807) is 11.4 Å². The van der Waals surface area contributed by atoms with Crippen LogP contribution in [0.5, 0.6) is 0 Å². The van der Waals surface area contributed by atoms with Crippen molar-refractivity contribution in [2.24, 2.45) is 0 Å². The molecule has 0 atom stereocenters. The Kier molecular flexibility index (Phi) is 4.76. The van der Waals surface area contributed by atoms with Crippen LogP contribution in [0.2, 0.25) is 0 Å². The summed E-state index contributed by atoms with van der Waals surface area (Å²) >= 11 is 0. The van der Waals surface area contributed by atoms with Gasteiger partial charge in [0.2, 0.25) is 10.0 Å². The molecule has 0 saturated heterocycles. The van der Waals surface area contributed by atoms with Crippen LogP contribution in [0.4, 0.5) is 0 Å². The minimum atomic E-state index is -3.02. The van der Waals surface area contributed by atoms with Crippen LogP contribution in [0, 0.1) is 0 Å². The van der Waals surface area contributed by atoms with Gasteiger partial charge in [-0.05, 0) is 18.4 Å². The van der Waals surface area contributed by atoms with Crippen LogP contribution in [-0.4, -0.2) is 45.3 Å². The second kappa shape index (κ2) is 5.63. The minimum Gasteiger partial charge on any atom is -0.380 e. The maximum absolute atomic E-state index is 11.7. The van der Waals surface area contributed by atoms with Crippen LogP contribution in [0.25, 0.3) is 0 Å². The maximum Gasteiger partial charge on any atom is 0.214 e. The van der Waals surface area contributed by atoms with E-state index < -0.39 is 10.0 Å². The lowest BCUT2D eigenvalue weighted by molar-refractivity contribution is 0.219. The second-order valence-electron chi connectivity index (χ2n) is 3.72. The van der Waals surface area contributed by atoms with Crippen LogP contribution in [0.3, 0.4) is 0 Å². The van der Waals surface area contributed by atoms with Crippen LogP contribution in [0.1, 0.15) is 19.8 Å². The Balaban J connectivity index is 2.57. The average molecular weight is 233 g/mol. The maximum atomic E-state index is 11.7. The molecular weight excluding hydrogens is 214 g/mol. The zero-order valence-electron chi connectivity index (χ0n) is 9.40. The van der Waals surface area contributed by atoms with Crippen molar-refractivity contribution in [1.29, 1.82) is 0 Å². The topological polar surface area (TPSA) is 46.6 Å². The third-order valence-electron chi connectivity index (χ3n) is 2.45. The zero-order chi connectivity index (χ0) is 11.3. The van der Waals surface area contributed by atoms with Crippen LogP contribution < -0.4 is 0 Å². The Bertz CT molecular complexity index is 322. The highest BCUT2D eigenvalue weighted by atomic mass is 32.2. The molecular formula is C10H19NO3S. The van der Waals surface area contributed by atoms with E-state index in [0.717, 1.165) is 6.42 Å². The fourth-order valence-electron chi connectivity index (χ4n) is 1.65. The minimum absolute atomic E-state index is 0.250. The molecule has 0 spiro atoms. The first-order chi connectivity index (χ1) is 7.10. The fourth-order valence-corrected chi connectivity index (χ4v) is 3.09. The summed E-state index contributed by atoms with van der Waals surface area (Å²) in [6, 6.07) is 0. The molecule has 88 valence electrons. The molecule has 15 heavy (non-hydrogen) atoms. The molecule has 0 aromatic carbocycles. The Morgan fingerprint density at radius 1 is 1.53 bits per heavy atom. The van der Waals surface area contributed by atoms with Crippen molar-refractivity contribution in [2.45, 2.75) is 19.8 Å². The zero-order valence-corrected chi connectivity index (χ0v) is 10.2. The number of hydrogen-bond acceptors (Lipinski definition) is 3. The number of nitrogens with zero attached hydrogens (tertiary/aromatic N) is 1. The first-order valence-corrected chi connectivity index (χ1v) is 6.85. The average Bonchev–Trinajstić information content (AvgIpc) is 2.19. The molecule has 0 N–H and O–H groups in total.